The van der Waals surface area contributed by atoms with Gasteiger partial charge in [0.15, 0.2) is 0 Å². The molecule has 2 heterocycles. The molecule has 0 bridgehead atoms. The standard InChI is InChI=1S/C10H16N2O.C6H11N3O.3C2H6/c1-7-8(2)12(3)11-10(7)6-13-9-4-5-9;1-4-5(3-10)8-9(2)6(4)7;3*1-2/h9H,4-6H2,1-3H3;10H,3,7H2,1-2H3;3*1-2H3. The van der Waals surface area contributed by atoms with E-state index in [1.54, 1.807) is 11.7 Å². The molecule has 1 aliphatic rings. The third kappa shape index (κ3) is 9.45. The van der Waals surface area contributed by atoms with Gasteiger partial charge in [-0.25, -0.2) is 0 Å². The zero-order chi connectivity index (χ0) is 23.1. The fourth-order valence-electron chi connectivity index (χ4n) is 2.20. The predicted octanol–water partition coefficient (Wildman–Crippen LogP) is 4.60. The van der Waals surface area contributed by atoms with Crippen molar-refractivity contribution in [3.05, 3.63) is 28.2 Å². The van der Waals surface area contributed by atoms with E-state index in [9.17, 15) is 0 Å². The van der Waals surface area contributed by atoms with Crippen LogP contribution < -0.4 is 5.73 Å². The number of hydrogen-bond donors (Lipinski definition) is 2. The summed E-state index contributed by atoms with van der Waals surface area (Å²) in [6.45, 7) is 18.7. The number of ether oxygens (including phenoxy) is 1. The summed E-state index contributed by atoms with van der Waals surface area (Å²) in [5.41, 5.74) is 10.7. The molecular formula is C22H45N5O2. The Bertz CT molecular complexity index is 673. The molecule has 29 heavy (non-hydrogen) atoms. The summed E-state index contributed by atoms with van der Waals surface area (Å²) in [5, 5.41) is 17.1. The van der Waals surface area contributed by atoms with Gasteiger partial charge in [-0.15, -0.1) is 0 Å². The Labute approximate surface area is 178 Å². The van der Waals surface area contributed by atoms with E-state index >= 15 is 0 Å². The van der Waals surface area contributed by atoms with Crippen LogP contribution in [-0.4, -0.2) is 30.8 Å². The lowest BCUT2D eigenvalue weighted by Crippen LogP contribution is -1.98. The number of nitrogens with zero attached hydrogens (tertiary/aromatic N) is 4. The molecule has 170 valence electrons. The highest BCUT2D eigenvalue weighted by molar-refractivity contribution is 5.41. The maximum absolute atomic E-state index is 8.72. The average Bonchev–Trinajstić information content (AvgIpc) is 3.53. The molecule has 2 aromatic heterocycles. The highest BCUT2D eigenvalue weighted by Crippen LogP contribution is 2.25. The second-order valence-corrected chi connectivity index (χ2v) is 6.03. The molecule has 2 aromatic rings. The van der Waals surface area contributed by atoms with Gasteiger partial charge in [-0.2, -0.15) is 10.2 Å². The van der Waals surface area contributed by atoms with E-state index < -0.39 is 0 Å². The molecule has 0 radical (unpaired) electrons. The van der Waals surface area contributed by atoms with Crippen molar-refractivity contribution in [1.82, 2.24) is 19.6 Å². The van der Waals surface area contributed by atoms with Gasteiger partial charge in [0.2, 0.25) is 0 Å². The van der Waals surface area contributed by atoms with Crippen molar-refractivity contribution in [2.24, 2.45) is 14.1 Å². The summed E-state index contributed by atoms with van der Waals surface area (Å²) in [5.74, 6) is 0.615. The fraction of sp³-hybridized carbons (Fsp3) is 0.727. The van der Waals surface area contributed by atoms with Crippen molar-refractivity contribution in [3.63, 3.8) is 0 Å². The number of aliphatic hydroxyl groups excluding tert-OH is 1. The summed E-state index contributed by atoms with van der Waals surface area (Å²) >= 11 is 0. The molecule has 0 unspecified atom stereocenters. The third-order valence-electron chi connectivity index (χ3n) is 4.30. The Morgan fingerprint density at radius 2 is 1.38 bits per heavy atom. The number of aryl methyl sites for hydroxylation is 2. The van der Waals surface area contributed by atoms with Crippen LogP contribution in [0.4, 0.5) is 5.82 Å². The molecule has 0 spiro atoms. The lowest BCUT2D eigenvalue weighted by atomic mass is 10.2. The fourth-order valence-corrected chi connectivity index (χ4v) is 2.20. The summed E-state index contributed by atoms with van der Waals surface area (Å²) in [7, 11) is 3.73. The molecule has 3 N–H and O–H groups in total. The summed E-state index contributed by atoms with van der Waals surface area (Å²) in [6, 6.07) is 0. The number of hydrogen-bond acceptors (Lipinski definition) is 5. The molecule has 7 nitrogen and oxygen atoms in total. The Balaban J connectivity index is 0. The number of anilines is 1. The van der Waals surface area contributed by atoms with Crippen LogP contribution >= 0.6 is 0 Å². The van der Waals surface area contributed by atoms with Crippen molar-refractivity contribution in [2.45, 2.75) is 94.5 Å². The number of aliphatic hydroxyl groups is 1. The number of nitrogen functional groups attached to an aromatic ring is 1. The van der Waals surface area contributed by atoms with E-state index in [-0.39, 0.29) is 6.61 Å². The first-order chi connectivity index (χ1) is 13.8. The van der Waals surface area contributed by atoms with Crippen LogP contribution in [0.1, 0.15) is 82.6 Å². The number of rotatable bonds is 4. The molecule has 3 rings (SSSR count). The SMILES string of the molecule is CC.CC.CC.Cc1c(CO)nn(C)c1N.Cc1c(COC2CC2)nn(C)c1C. The van der Waals surface area contributed by atoms with E-state index in [4.69, 9.17) is 15.6 Å². The Morgan fingerprint density at radius 1 is 0.897 bits per heavy atom. The molecule has 0 amide bonds. The average molecular weight is 412 g/mol. The molecule has 1 fully saturated rings. The highest BCUT2D eigenvalue weighted by Gasteiger charge is 2.22. The van der Waals surface area contributed by atoms with Gasteiger partial charge in [0, 0.05) is 25.4 Å². The van der Waals surface area contributed by atoms with Crippen molar-refractivity contribution >= 4 is 5.82 Å². The molecule has 0 aromatic carbocycles. The van der Waals surface area contributed by atoms with E-state index in [0.29, 0.717) is 24.2 Å². The zero-order valence-corrected chi connectivity index (χ0v) is 20.6. The minimum Gasteiger partial charge on any atom is -0.390 e. The van der Waals surface area contributed by atoms with Gasteiger partial charge < -0.3 is 15.6 Å². The van der Waals surface area contributed by atoms with Gasteiger partial charge in [0.05, 0.1) is 30.7 Å². The van der Waals surface area contributed by atoms with Gasteiger partial charge in [-0.3, -0.25) is 9.36 Å². The molecule has 1 saturated carbocycles. The number of nitrogens with two attached hydrogens (primary N) is 1. The molecule has 7 heteroatoms. The van der Waals surface area contributed by atoms with Crippen molar-refractivity contribution in [3.8, 4) is 0 Å². The Hall–Kier alpha value is -1.86. The third-order valence-corrected chi connectivity index (χ3v) is 4.30. The Morgan fingerprint density at radius 3 is 1.66 bits per heavy atom. The van der Waals surface area contributed by atoms with E-state index in [0.717, 1.165) is 11.3 Å². The van der Waals surface area contributed by atoms with Crippen molar-refractivity contribution < 1.29 is 9.84 Å². The molecule has 1 aliphatic carbocycles. The zero-order valence-electron chi connectivity index (χ0n) is 20.6. The van der Waals surface area contributed by atoms with Crippen LogP contribution in [0, 0.1) is 20.8 Å². The topological polar surface area (TPSA) is 91.1 Å². The van der Waals surface area contributed by atoms with Crippen LogP contribution in [0.2, 0.25) is 0 Å². The molecule has 0 saturated heterocycles. The van der Waals surface area contributed by atoms with E-state index in [1.807, 2.05) is 60.2 Å². The lowest BCUT2D eigenvalue weighted by Gasteiger charge is -1.98. The predicted molar refractivity (Wildman–Crippen MR) is 123 cm³/mol. The summed E-state index contributed by atoms with van der Waals surface area (Å²) in [6.07, 6.45) is 2.97. The molecule has 0 aliphatic heterocycles. The first kappa shape index (κ1) is 29.3. The number of aromatic nitrogens is 4. The summed E-state index contributed by atoms with van der Waals surface area (Å²) < 4.78 is 9.09. The first-order valence-corrected chi connectivity index (χ1v) is 10.8. The van der Waals surface area contributed by atoms with Crippen LogP contribution in [0.3, 0.4) is 0 Å². The minimum absolute atomic E-state index is 0.0448. The molecule has 0 atom stereocenters. The van der Waals surface area contributed by atoms with Gasteiger partial charge >= 0.3 is 0 Å². The van der Waals surface area contributed by atoms with Crippen molar-refractivity contribution in [1.29, 1.82) is 0 Å². The lowest BCUT2D eigenvalue weighted by molar-refractivity contribution is 0.103. The van der Waals surface area contributed by atoms with Crippen LogP contribution in [0.5, 0.6) is 0 Å². The van der Waals surface area contributed by atoms with E-state index in [2.05, 4.69) is 24.0 Å². The normalized spacial score (nSPS) is 11.6. The summed E-state index contributed by atoms with van der Waals surface area (Å²) in [4.78, 5) is 0. The van der Waals surface area contributed by atoms with E-state index in [1.165, 1.54) is 24.1 Å². The van der Waals surface area contributed by atoms with Crippen molar-refractivity contribution in [2.75, 3.05) is 5.73 Å². The Kier molecular flexibility index (Phi) is 16.2. The van der Waals surface area contributed by atoms with Gasteiger partial charge in [0.25, 0.3) is 0 Å². The highest BCUT2D eigenvalue weighted by atomic mass is 16.5. The quantitative estimate of drug-likeness (QED) is 0.767. The minimum atomic E-state index is -0.0448. The first-order valence-electron chi connectivity index (χ1n) is 10.8. The maximum Gasteiger partial charge on any atom is 0.124 e. The van der Waals surface area contributed by atoms with Crippen LogP contribution in [0.15, 0.2) is 0 Å². The van der Waals surface area contributed by atoms with Gasteiger partial charge in [-0.05, 0) is 39.2 Å². The second-order valence-electron chi connectivity index (χ2n) is 6.03. The van der Waals surface area contributed by atoms with Crippen LogP contribution in [-0.2, 0) is 32.0 Å². The second kappa shape index (κ2) is 16.0. The monoisotopic (exact) mass is 411 g/mol. The van der Waals surface area contributed by atoms with Gasteiger partial charge in [0.1, 0.15) is 5.82 Å². The smallest absolute Gasteiger partial charge is 0.124 e. The maximum atomic E-state index is 8.72. The van der Waals surface area contributed by atoms with Gasteiger partial charge in [-0.1, -0.05) is 41.5 Å². The largest absolute Gasteiger partial charge is 0.390 e. The molecular weight excluding hydrogens is 366 g/mol. The van der Waals surface area contributed by atoms with Crippen LogP contribution in [0.25, 0.3) is 0 Å².